The summed E-state index contributed by atoms with van der Waals surface area (Å²) in [5, 5.41) is 9.58. The van der Waals surface area contributed by atoms with Crippen LogP contribution < -0.4 is 0 Å². The fourth-order valence-electron chi connectivity index (χ4n) is 4.94. The van der Waals surface area contributed by atoms with E-state index in [1.807, 2.05) is 13.0 Å². The highest BCUT2D eigenvalue weighted by Crippen LogP contribution is 2.50. The number of nitrogens with zero attached hydrogens (tertiary/aromatic N) is 3. The van der Waals surface area contributed by atoms with Crippen LogP contribution in [0, 0.1) is 5.41 Å². The molecule has 1 aromatic carbocycles. The fraction of sp³-hybridized carbons (Fsp3) is 0.522. The fourth-order valence-corrected chi connectivity index (χ4v) is 5.96. The molecule has 2 aromatic rings. The molecule has 0 saturated carbocycles. The molecule has 0 radical (unpaired) electrons. The number of hydrogen-bond donors (Lipinski definition) is 1. The SMILES string of the molecule is CCc1cc(CN2CC3(C2)CN(S(C)(=O)=O)C3)cnc1-c1ccc(C(O)(C(F)(F)F)C(F)(F)F)cc1. The Hall–Kier alpha value is -2.22. The Bertz CT molecular complexity index is 1220. The van der Waals surface area contributed by atoms with E-state index < -0.39 is 33.5 Å². The number of likely N-dealkylation sites (tertiary alicyclic amines) is 1. The molecule has 36 heavy (non-hydrogen) atoms. The summed E-state index contributed by atoms with van der Waals surface area (Å²) in [5.74, 6) is 0. The molecule has 0 bridgehead atoms. The summed E-state index contributed by atoms with van der Waals surface area (Å²) in [6.07, 6.45) is -8.56. The first kappa shape index (κ1) is 26.8. The number of aryl methyl sites for hydroxylation is 1. The van der Waals surface area contributed by atoms with E-state index in [-0.39, 0.29) is 5.41 Å². The highest BCUT2D eigenvalue weighted by Gasteiger charge is 2.71. The first-order valence-electron chi connectivity index (χ1n) is 11.1. The van der Waals surface area contributed by atoms with Gasteiger partial charge in [0.25, 0.3) is 5.60 Å². The quantitative estimate of drug-likeness (QED) is 0.569. The van der Waals surface area contributed by atoms with Crippen molar-refractivity contribution in [2.75, 3.05) is 32.4 Å². The van der Waals surface area contributed by atoms with E-state index in [2.05, 4.69) is 9.88 Å². The smallest absolute Gasteiger partial charge is 0.369 e. The maximum atomic E-state index is 13.1. The number of halogens is 6. The van der Waals surface area contributed by atoms with Gasteiger partial charge in [-0.15, -0.1) is 0 Å². The molecule has 0 unspecified atom stereocenters. The average Bonchev–Trinajstić information content (AvgIpc) is 2.71. The number of hydrogen-bond acceptors (Lipinski definition) is 5. The van der Waals surface area contributed by atoms with E-state index in [9.17, 15) is 39.9 Å². The lowest BCUT2D eigenvalue weighted by atomic mass is 9.74. The lowest BCUT2D eigenvalue weighted by Crippen LogP contribution is -2.72. The summed E-state index contributed by atoms with van der Waals surface area (Å²) in [7, 11) is -3.18. The standard InChI is InChI=1S/C23H25F6N3O3S/c1-3-16-8-15(10-31-11-20(12-31)13-32(14-20)36(2,34)35)9-30-19(16)17-4-6-18(7-5-17)21(33,22(24,25)26)23(27,28)29/h4-9,33H,3,10-14H2,1-2H3. The van der Waals surface area contributed by atoms with Gasteiger partial charge < -0.3 is 5.11 Å². The minimum atomic E-state index is -5.95. The van der Waals surface area contributed by atoms with Crippen LogP contribution in [-0.4, -0.2) is 72.5 Å². The van der Waals surface area contributed by atoms with Crippen LogP contribution in [0.15, 0.2) is 36.5 Å². The van der Waals surface area contributed by atoms with Gasteiger partial charge in [-0.1, -0.05) is 37.3 Å². The summed E-state index contributed by atoms with van der Waals surface area (Å²) in [5.41, 5.74) is -3.89. The lowest BCUT2D eigenvalue weighted by molar-refractivity contribution is -0.376. The van der Waals surface area contributed by atoms with Gasteiger partial charge in [0.2, 0.25) is 10.0 Å². The molecule has 0 atom stereocenters. The van der Waals surface area contributed by atoms with Crippen LogP contribution in [0.4, 0.5) is 26.3 Å². The lowest BCUT2D eigenvalue weighted by Gasteiger charge is -2.59. The third kappa shape index (κ3) is 4.61. The van der Waals surface area contributed by atoms with E-state index in [0.29, 0.717) is 49.4 Å². The van der Waals surface area contributed by atoms with Crippen LogP contribution >= 0.6 is 0 Å². The summed E-state index contributed by atoms with van der Waals surface area (Å²) in [4.78, 5) is 6.58. The van der Waals surface area contributed by atoms with Crippen molar-refractivity contribution in [3.05, 3.63) is 53.2 Å². The maximum Gasteiger partial charge on any atom is 0.430 e. The van der Waals surface area contributed by atoms with E-state index in [1.54, 1.807) is 6.20 Å². The zero-order valence-electron chi connectivity index (χ0n) is 19.5. The molecular formula is C23H25F6N3O3S. The zero-order valence-corrected chi connectivity index (χ0v) is 20.3. The molecule has 13 heteroatoms. The third-order valence-corrected chi connectivity index (χ3v) is 8.01. The van der Waals surface area contributed by atoms with Gasteiger partial charge in [0, 0.05) is 55.5 Å². The maximum absolute atomic E-state index is 13.1. The Morgan fingerprint density at radius 3 is 2.03 bits per heavy atom. The van der Waals surface area contributed by atoms with E-state index in [1.165, 1.54) is 10.6 Å². The topological polar surface area (TPSA) is 73.7 Å². The van der Waals surface area contributed by atoms with Crippen molar-refractivity contribution in [3.8, 4) is 11.3 Å². The van der Waals surface area contributed by atoms with Gasteiger partial charge in [-0.05, 0) is 17.5 Å². The van der Waals surface area contributed by atoms with Crippen LogP contribution in [0.5, 0.6) is 0 Å². The van der Waals surface area contributed by atoms with Crippen LogP contribution in [0.1, 0.15) is 23.6 Å². The summed E-state index contributed by atoms with van der Waals surface area (Å²) < 4.78 is 103. The second-order valence-electron chi connectivity index (χ2n) is 9.66. The van der Waals surface area contributed by atoms with Crippen LogP contribution in [0.3, 0.4) is 0 Å². The molecule has 3 heterocycles. The second kappa shape index (κ2) is 8.67. The van der Waals surface area contributed by atoms with E-state index in [4.69, 9.17) is 0 Å². The molecule has 1 aromatic heterocycles. The summed E-state index contributed by atoms with van der Waals surface area (Å²) >= 11 is 0. The van der Waals surface area contributed by atoms with Crippen molar-refractivity contribution in [1.82, 2.24) is 14.2 Å². The number of rotatable bonds is 6. The van der Waals surface area contributed by atoms with Crippen molar-refractivity contribution in [2.45, 2.75) is 37.8 Å². The van der Waals surface area contributed by atoms with Crippen molar-refractivity contribution >= 4 is 10.0 Å². The molecule has 0 aliphatic carbocycles. The van der Waals surface area contributed by atoms with E-state index >= 15 is 0 Å². The molecule has 1 spiro atoms. The third-order valence-electron chi connectivity index (χ3n) is 6.82. The van der Waals surface area contributed by atoms with Crippen molar-refractivity contribution in [1.29, 1.82) is 0 Å². The molecule has 198 valence electrons. The van der Waals surface area contributed by atoms with Gasteiger partial charge in [0.15, 0.2) is 0 Å². The highest BCUT2D eigenvalue weighted by molar-refractivity contribution is 7.88. The van der Waals surface area contributed by atoms with Gasteiger partial charge in [0.1, 0.15) is 0 Å². The van der Waals surface area contributed by atoms with Gasteiger partial charge >= 0.3 is 12.4 Å². The van der Waals surface area contributed by atoms with Crippen molar-refractivity contribution in [3.63, 3.8) is 0 Å². The second-order valence-corrected chi connectivity index (χ2v) is 11.6. The van der Waals surface area contributed by atoms with Crippen LogP contribution in [0.25, 0.3) is 11.3 Å². The zero-order chi connectivity index (χ0) is 26.7. The number of benzene rings is 1. The number of pyridine rings is 1. The minimum Gasteiger partial charge on any atom is -0.369 e. The largest absolute Gasteiger partial charge is 0.430 e. The predicted molar refractivity (Wildman–Crippen MR) is 119 cm³/mol. The molecular weight excluding hydrogens is 512 g/mol. The Balaban J connectivity index is 1.48. The molecule has 2 saturated heterocycles. The number of alkyl halides is 6. The number of aromatic nitrogens is 1. The van der Waals surface area contributed by atoms with Crippen molar-refractivity contribution in [2.24, 2.45) is 5.41 Å². The van der Waals surface area contributed by atoms with Gasteiger partial charge in [-0.25, -0.2) is 12.7 Å². The minimum absolute atomic E-state index is 0.0134. The van der Waals surface area contributed by atoms with Crippen LogP contribution in [0.2, 0.25) is 0 Å². The average molecular weight is 538 g/mol. The number of sulfonamides is 1. The first-order chi connectivity index (χ1) is 16.5. The Labute approximate surface area is 204 Å². The Kier molecular flexibility index (Phi) is 6.47. The number of aliphatic hydroxyl groups is 1. The predicted octanol–water partition coefficient (Wildman–Crippen LogP) is 3.70. The molecule has 2 aliphatic rings. The highest BCUT2D eigenvalue weighted by atomic mass is 32.2. The molecule has 1 N–H and O–H groups in total. The molecule has 4 rings (SSSR count). The molecule has 2 aliphatic heterocycles. The normalized spacial score (nSPS) is 19.2. The van der Waals surface area contributed by atoms with Gasteiger partial charge in [0.05, 0.1) is 11.9 Å². The molecule has 6 nitrogen and oxygen atoms in total. The summed E-state index contributed by atoms with van der Waals surface area (Å²) in [6.45, 7) is 4.97. The Morgan fingerprint density at radius 2 is 1.56 bits per heavy atom. The van der Waals surface area contributed by atoms with Crippen LogP contribution in [-0.2, 0) is 28.6 Å². The summed E-state index contributed by atoms with van der Waals surface area (Å²) in [6, 6.07) is 5.30. The first-order valence-corrected chi connectivity index (χ1v) is 13.0. The van der Waals surface area contributed by atoms with Gasteiger partial charge in [-0.3, -0.25) is 9.88 Å². The monoisotopic (exact) mass is 537 g/mol. The Morgan fingerprint density at radius 1 is 1.00 bits per heavy atom. The van der Waals surface area contributed by atoms with Gasteiger partial charge in [-0.2, -0.15) is 26.3 Å². The molecule has 2 fully saturated rings. The van der Waals surface area contributed by atoms with Crippen molar-refractivity contribution < 1.29 is 39.9 Å². The van der Waals surface area contributed by atoms with E-state index in [0.717, 1.165) is 36.3 Å². The molecule has 0 amide bonds.